The Labute approximate surface area is 110 Å². The summed E-state index contributed by atoms with van der Waals surface area (Å²) in [5.74, 6) is 0.236. The summed E-state index contributed by atoms with van der Waals surface area (Å²) in [7, 11) is 2.16. The first-order chi connectivity index (χ1) is 8.50. The lowest BCUT2D eigenvalue weighted by atomic mass is 9.80. The molecule has 0 aromatic heterocycles. The summed E-state index contributed by atoms with van der Waals surface area (Å²) in [5.41, 5.74) is 6.24. The van der Waals surface area contributed by atoms with Crippen molar-refractivity contribution in [3.63, 3.8) is 0 Å². The Morgan fingerprint density at radius 3 is 2.61 bits per heavy atom. The third-order valence-electron chi connectivity index (χ3n) is 4.79. The Morgan fingerprint density at radius 2 is 2.06 bits per heavy atom. The van der Waals surface area contributed by atoms with Crippen LogP contribution in [0.3, 0.4) is 0 Å². The highest BCUT2D eigenvalue weighted by atomic mass is 16.1. The Kier molecular flexibility index (Phi) is 4.28. The van der Waals surface area contributed by atoms with Gasteiger partial charge in [0.25, 0.3) is 0 Å². The Hall–Kier alpha value is -0.610. The maximum atomic E-state index is 12.1. The van der Waals surface area contributed by atoms with Crippen LogP contribution in [0.1, 0.15) is 39.0 Å². The number of carbonyl (C=O) groups excluding carboxylic acids is 1. The molecule has 2 fully saturated rings. The number of nitrogens with zero attached hydrogens (tertiary/aromatic N) is 1. The summed E-state index contributed by atoms with van der Waals surface area (Å²) in [6, 6.07) is 0.0790. The maximum Gasteiger partial charge on any atom is 0.224 e. The van der Waals surface area contributed by atoms with E-state index in [1.54, 1.807) is 0 Å². The molecule has 1 aliphatic heterocycles. The van der Waals surface area contributed by atoms with Gasteiger partial charge < -0.3 is 16.0 Å². The minimum atomic E-state index is 0.0554. The largest absolute Gasteiger partial charge is 0.355 e. The van der Waals surface area contributed by atoms with E-state index in [-0.39, 0.29) is 23.3 Å². The monoisotopic (exact) mass is 253 g/mol. The Bertz CT molecular complexity index is 297. The highest BCUT2D eigenvalue weighted by Gasteiger charge is 2.33. The molecule has 1 saturated heterocycles. The van der Waals surface area contributed by atoms with Gasteiger partial charge in [-0.15, -0.1) is 0 Å². The molecule has 2 atom stereocenters. The van der Waals surface area contributed by atoms with E-state index < -0.39 is 0 Å². The fourth-order valence-corrected chi connectivity index (χ4v) is 3.08. The molecule has 0 bridgehead atoms. The number of hydrogen-bond donors (Lipinski definition) is 2. The minimum Gasteiger partial charge on any atom is -0.355 e. The summed E-state index contributed by atoms with van der Waals surface area (Å²) in [5, 5.41) is 3.14. The van der Waals surface area contributed by atoms with Gasteiger partial charge in [-0.1, -0.05) is 13.3 Å². The van der Waals surface area contributed by atoms with E-state index in [1.807, 2.05) is 0 Å². The predicted octanol–water partition coefficient (Wildman–Crippen LogP) is 0.962. The van der Waals surface area contributed by atoms with Gasteiger partial charge in [0.05, 0.1) is 5.92 Å². The van der Waals surface area contributed by atoms with Crippen molar-refractivity contribution in [1.29, 1.82) is 0 Å². The minimum absolute atomic E-state index is 0.0554. The van der Waals surface area contributed by atoms with Crippen molar-refractivity contribution in [2.45, 2.75) is 45.1 Å². The number of carbonyl (C=O) groups is 1. The molecular formula is C14H27N3O. The topological polar surface area (TPSA) is 58.4 Å². The quantitative estimate of drug-likeness (QED) is 0.788. The highest BCUT2D eigenvalue weighted by molar-refractivity contribution is 5.79. The van der Waals surface area contributed by atoms with Crippen molar-refractivity contribution in [1.82, 2.24) is 10.2 Å². The molecule has 1 heterocycles. The summed E-state index contributed by atoms with van der Waals surface area (Å²) in [6.45, 7) is 5.36. The fraction of sp³-hybridized carbons (Fsp3) is 0.929. The smallest absolute Gasteiger partial charge is 0.224 e. The predicted molar refractivity (Wildman–Crippen MR) is 73.2 cm³/mol. The number of rotatable bonds is 3. The first kappa shape index (κ1) is 13.8. The second kappa shape index (κ2) is 5.57. The molecular weight excluding hydrogens is 226 g/mol. The molecule has 0 radical (unpaired) electrons. The number of likely N-dealkylation sites (tertiary alicyclic amines) is 1. The molecule has 1 amide bonds. The summed E-state index contributed by atoms with van der Waals surface area (Å²) < 4.78 is 0. The van der Waals surface area contributed by atoms with Gasteiger partial charge in [0.2, 0.25) is 5.91 Å². The molecule has 4 nitrogen and oxygen atoms in total. The first-order valence-electron chi connectivity index (χ1n) is 7.22. The van der Waals surface area contributed by atoms with Crippen LogP contribution in [0.15, 0.2) is 0 Å². The van der Waals surface area contributed by atoms with Gasteiger partial charge in [-0.05, 0) is 51.2 Å². The Morgan fingerprint density at radius 1 is 1.39 bits per heavy atom. The average Bonchev–Trinajstić information content (AvgIpc) is 2.77. The van der Waals surface area contributed by atoms with E-state index in [9.17, 15) is 4.79 Å². The number of piperidine rings is 1. The molecule has 104 valence electrons. The van der Waals surface area contributed by atoms with Crippen molar-refractivity contribution in [2.75, 3.05) is 26.7 Å². The number of amides is 1. The van der Waals surface area contributed by atoms with E-state index in [4.69, 9.17) is 5.73 Å². The van der Waals surface area contributed by atoms with Gasteiger partial charge in [0.1, 0.15) is 0 Å². The molecule has 2 aliphatic rings. The van der Waals surface area contributed by atoms with E-state index in [2.05, 4.69) is 24.2 Å². The molecule has 18 heavy (non-hydrogen) atoms. The van der Waals surface area contributed by atoms with Crippen molar-refractivity contribution in [2.24, 2.45) is 17.1 Å². The molecule has 4 heteroatoms. The molecule has 1 aliphatic carbocycles. The standard InChI is InChI=1S/C14H27N3O/c1-14(6-8-17(2)9-7-14)10-16-13(18)11-4-3-5-12(11)15/h11-12H,3-10,15H2,1-2H3,(H,16,18). The zero-order chi connectivity index (χ0) is 13.2. The van der Waals surface area contributed by atoms with Crippen LogP contribution < -0.4 is 11.1 Å². The lowest BCUT2D eigenvalue weighted by molar-refractivity contribution is -0.125. The van der Waals surface area contributed by atoms with E-state index in [0.29, 0.717) is 0 Å². The highest BCUT2D eigenvalue weighted by Crippen LogP contribution is 2.30. The fourth-order valence-electron chi connectivity index (χ4n) is 3.08. The van der Waals surface area contributed by atoms with E-state index in [0.717, 1.165) is 38.9 Å². The van der Waals surface area contributed by atoms with Crippen LogP contribution in [0.5, 0.6) is 0 Å². The van der Waals surface area contributed by atoms with Crippen LogP contribution in [0.4, 0.5) is 0 Å². The normalized spacial score (nSPS) is 32.4. The van der Waals surface area contributed by atoms with Gasteiger partial charge in [-0.2, -0.15) is 0 Å². The molecule has 0 aromatic rings. The number of nitrogens with two attached hydrogens (primary N) is 1. The molecule has 3 N–H and O–H groups in total. The second-order valence-corrected chi connectivity index (χ2v) is 6.53. The lowest BCUT2D eigenvalue weighted by Gasteiger charge is -2.38. The SMILES string of the molecule is CN1CCC(C)(CNC(=O)C2CCCC2N)CC1. The van der Waals surface area contributed by atoms with Crippen molar-refractivity contribution >= 4 is 5.91 Å². The van der Waals surface area contributed by atoms with Crippen molar-refractivity contribution in [3.8, 4) is 0 Å². The Balaban J connectivity index is 1.78. The zero-order valence-corrected chi connectivity index (χ0v) is 11.7. The van der Waals surface area contributed by atoms with Crippen molar-refractivity contribution < 1.29 is 4.79 Å². The summed E-state index contributed by atoms with van der Waals surface area (Å²) in [4.78, 5) is 14.5. The molecule has 2 unspecified atom stereocenters. The van der Waals surface area contributed by atoms with E-state index >= 15 is 0 Å². The van der Waals surface area contributed by atoms with E-state index in [1.165, 1.54) is 12.8 Å². The second-order valence-electron chi connectivity index (χ2n) is 6.53. The van der Waals surface area contributed by atoms with Crippen molar-refractivity contribution in [3.05, 3.63) is 0 Å². The first-order valence-corrected chi connectivity index (χ1v) is 7.22. The third-order valence-corrected chi connectivity index (χ3v) is 4.79. The van der Waals surface area contributed by atoms with Crippen LogP contribution in [0.2, 0.25) is 0 Å². The van der Waals surface area contributed by atoms with Crippen LogP contribution in [0.25, 0.3) is 0 Å². The van der Waals surface area contributed by atoms with Crippen LogP contribution in [-0.4, -0.2) is 43.5 Å². The third kappa shape index (κ3) is 3.23. The number of nitrogens with one attached hydrogen (secondary N) is 1. The lowest BCUT2D eigenvalue weighted by Crippen LogP contribution is -2.46. The van der Waals surface area contributed by atoms with Crippen LogP contribution in [0, 0.1) is 11.3 Å². The summed E-state index contributed by atoms with van der Waals surface area (Å²) in [6.07, 6.45) is 5.40. The zero-order valence-electron chi connectivity index (χ0n) is 11.7. The van der Waals surface area contributed by atoms with Gasteiger partial charge in [-0.3, -0.25) is 4.79 Å². The molecule has 0 aromatic carbocycles. The molecule has 0 spiro atoms. The maximum absolute atomic E-state index is 12.1. The molecule has 2 rings (SSSR count). The van der Waals surface area contributed by atoms with Crippen LogP contribution >= 0.6 is 0 Å². The van der Waals surface area contributed by atoms with Crippen LogP contribution in [-0.2, 0) is 4.79 Å². The number of hydrogen-bond acceptors (Lipinski definition) is 3. The average molecular weight is 253 g/mol. The summed E-state index contributed by atoms with van der Waals surface area (Å²) >= 11 is 0. The van der Waals surface area contributed by atoms with Gasteiger partial charge in [-0.25, -0.2) is 0 Å². The molecule has 1 saturated carbocycles. The van der Waals surface area contributed by atoms with Gasteiger partial charge >= 0.3 is 0 Å². The van der Waals surface area contributed by atoms with Gasteiger partial charge in [0, 0.05) is 12.6 Å². The van der Waals surface area contributed by atoms with Gasteiger partial charge in [0.15, 0.2) is 0 Å².